The molecule has 0 saturated heterocycles. The molecule has 0 aliphatic carbocycles. The SMILES string of the molecule is CC(NC(=O)c1cn(C)c(=O)c2ccccc12)c1ccccc1. The Morgan fingerprint density at radius 3 is 2.30 bits per heavy atom. The van der Waals surface area contributed by atoms with E-state index in [0.717, 1.165) is 5.56 Å². The fourth-order valence-corrected chi connectivity index (χ4v) is 2.70. The molecule has 4 heteroatoms. The maximum atomic E-state index is 12.7. The van der Waals surface area contributed by atoms with Gasteiger partial charge in [-0.05, 0) is 18.6 Å². The van der Waals surface area contributed by atoms with Gasteiger partial charge >= 0.3 is 0 Å². The molecule has 3 aromatic rings. The van der Waals surface area contributed by atoms with E-state index in [0.29, 0.717) is 16.3 Å². The van der Waals surface area contributed by atoms with E-state index in [1.54, 1.807) is 31.4 Å². The van der Waals surface area contributed by atoms with Crippen molar-refractivity contribution in [3.05, 3.63) is 82.3 Å². The van der Waals surface area contributed by atoms with Crippen LogP contribution in [0.3, 0.4) is 0 Å². The zero-order valence-electron chi connectivity index (χ0n) is 13.1. The topological polar surface area (TPSA) is 51.1 Å². The Hall–Kier alpha value is -2.88. The van der Waals surface area contributed by atoms with Crippen LogP contribution in [-0.2, 0) is 7.05 Å². The lowest BCUT2D eigenvalue weighted by Crippen LogP contribution is -2.29. The van der Waals surface area contributed by atoms with Gasteiger partial charge in [0.05, 0.1) is 11.6 Å². The van der Waals surface area contributed by atoms with Gasteiger partial charge in [-0.1, -0.05) is 48.5 Å². The molecule has 2 aromatic carbocycles. The lowest BCUT2D eigenvalue weighted by atomic mass is 10.1. The third kappa shape index (κ3) is 2.88. The van der Waals surface area contributed by atoms with Gasteiger partial charge < -0.3 is 9.88 Å². The number of aromatic nitrogens is 1. The van der Waals surface area contributed by atoms with E-state index in [2.05, 4.69) is 5.32 Å². The number of hydrogen-bond acceptors (Lipinski definition) is 2. The summed E-state index contributed by atoms with van der Waals surface area (Å²) in [5.41, 5.74) is 1.44. The Morgan fingerprint density at radius 2 is 1.61 bits per heavy atom. The van der Waals surface area contributed by atoms with Gasteiger partial charge in [0.15, 0.2) is 0 Å². The second kappa shape index (κ2) is 6.08. The predicted molar refractivity (Wildman–Crippen MR) is 91.5 cm³/mol. The number of nitrogens with zero attached hydrogens (tertiary/aromatic N) is 1. The number of benzene rings is 2. The fraction of sp³-hybridized carbons (Fsp3) is 0.158. The van der Waals surface area contributed by atoms with Gasteiger partial charge in [-0.2, -0.15) is 0 Å². The zero-order chi connectivity index (χ0) is 16.4. The highest BCUT2D eigenvalue weighted by molar-refractivity contribution is 6.06. The van der Waals surface area contributed by atoms with E-state index >= 15 is 0 Å². The van der Waals surface area contributed by atoms with Crippen LogP contribution in [0.25, 0.3) is 10.8 Å². The van der Waals surface area contributed by atoms with Crippen molar-refractivity contribution in [1.29, 1.82) is 0 Å². The van der Waals surface area contributed by atoms with Crippen molar-refractivity contribution in [2.24, 2.45) is 7.05 Å². The summed E-state index contributed by atoms with van der Waals surface area (Å²) in [5.74, 6) is -0.187. The number of aryl methyl sites for hydroxylation is 1. The number of carbonyl (C=O) groups is 1. The molecule has 23 heavy (non-hydrogen) atoms. The van der Waals surface area contributed by atoms with Crippen molar-refractivity contribution in [3.8, 4) is 0 Å². The monoisotopic (exact) mass is 306 g/mol. The van der Waals surface area contributed by atoms with E-state index in [1.165, 1.54) is 4.57 Å². The van der Waals surface area contributed by atoms with Crippen LogP contribution in [0.5, 0.6) is 0 Å². The normalized spacial score (nSPS) is 12.1. The second-order valence-corrected chi connectivity index (χ2v) is 5.61. The Morgan fingerprint density at radius 1 is 1.00 bits per heavy atom. The van der Waals surface area contributed by atoms with Crippen LogP contribution in [0, 0.1) is 0 Å². The number of rotatable bonds is 3. The minimum absolute atomic E-state index is 0.103. The van der Waals surface area contributed by atoms with Gasteiger partial charge in [0.1, 0.15) is 0 Å². The molecule has 116 valence electrons. The highest BCUT2D eigenvalue weighted by Gasteiger charge is 2.16. The van der Waals surface area contributed by atoms with Gasteiger partial charge in [0.2, 0.25) is 0 Å². The molecule has 1 amide bonds. The minimum Gasteiger partial charge on any atom is -0.345 e. The Balaban J connectivity index is 1.99. The van der Waals surface area contributed by atoms with Crippen LogP contribution in [0.1, 0.15) is 28.9 Å². The highest BCUT2D eigenvalue weighted by atomic mass is 16.2. The first kappa shape index (κ1) is 15.0. The van der Waals surface area contributed by atoms with E-state index in [-0.39, 0.29) is 17.5 Å². The molecular formula is C19H18N2O2. The van der Waals surface area contributed by atoms with Crippen molar-refractivity contribution in [2.75, 3.05) is 0 Å². The number of carbonyl (C=O) groups excluding carboxylic acids is 1. The van der Waals surface area contributed by atoms with E-state index < -0.39 is 0 Å². The first-order valence-electron chi connectivity index (χ1n) is 7.52. The number of pyridine rings is 1. The quantitative estimate of drug-likeness (QED) is 0.808. The number of fused-ring (bicyclic) bond motifs is 1. The molecule has 0 saturated carbocycles. The second-order valence-electron chi connectivity index (χ2n) is 5.61. The number of amides is 1. The van der Waals surface area contributed by atoms with Gasteiger partial charge in [-0.15, -0.1) is 0 Å². The first-order valence-corrected chi connectivity index (χ1v) is 7.52. The molecule has 4 nitrogen and oxygen atoms in total. The zero-order valence-corrected chi connectivity index (χ0v) is 13.1. The van der Waals surface area contributed by atoms with Crippen molar-refractivity contribution >= 4 is 16.7 Å². The molecule has 1 atom stereocenters. The molecule has 1 heterocycles. The molecule has 0 spiro atoms. The van der Waals surface area contributed by atoms with Crippen molar-refractivity contribution in [2.45, 2.75) is 13.0 Å². The van der Waals surface area contributed by atoms with E-state index in [9.17, 15) is 9.59 Å². The van der Waals surface area contributed by atoms with Crippen LogP contribution in [0.4, 0.5) is 0 Å². The summed E-state index contributed by atoms with van der Waals surface area (Å²) in [4.78, 5) is 24.9. The third-order valence-corrected chi connectivity index (χ3v) is 3.98. The molecule has 0 aliphatic rings. The first-order chi connectivity index (χ1) is 11.1. The Labute approximate surface area is 134 Å². The maximum Gasteiger partial charge on any atom is 0.258 e. The molecule has 0 aliphatic heterocycles. The van der Waals surface area contributed by atoms with Crippen LogP contribution < -0.4 is 10.9 Å². The van der Waals surface area contributed by atoms with Crippen LogP contribution in [-0.4, -0.2) is 10.5 Å². The Kier molecular flexibility index (Phi) is 3.98. The molecule has 0 bridgehead atoms. The molecular weight excluding hydrogens is 288 g/mol. The minimum atomic E-state index is -0.187. The van der Waals surface area contributed by atoms with Crippen molar-refractivity contribution in [1.82, 2.24) is 9.88 Å². The average Bonchev–Trinajstić information content (AvgIpc) is 2.58. The third-order valence-electron chi connectivity index (χ3n) is 3.98. The van der Waals surface area contributed by atoms with Gasteiger partial charge in [0, 0.05) is 24.0 Å². The van der Waals surface area contributed by atoms with E-state index in [1.807, 2.05) is 43.3 Å². The molecule has 1 N–H and O–H groups in total. The highest BCUT2D eigenvalue weighted by Crippen LogP contribution is 2.17. The van der Waals surface area contributed by atoms with Crippen molar-refractivity contribution < 1.29 is 4.79 Å². The summed E-state index contributed by atoms with van der Waals surface area (Å²) in [6.07, 6.45) is 1.59. The summed E-state index contributed by atoms with van der Waals surface area (Å²) in [5, 5.41) is 4.22. The van der Waals surface area contributed by atoms with Crippen LogP contribution in [0.15, 0.2) is 65.6 Å². The number of hydrogen-bond donors (Lipinski definition) is 1. The Bertz CT molecular complexity index is 914. The van der Waals surface area contributed by atoms with Gasteiger partial charge in [-0.3, -0.25) is 9.59 Å². The average molecular weight is 306 g/mol. The number of nitrogens with one attached hydrogen (secondary N) is 1. The lowest BCUT2D eigenvalue weighted by molar-refractivity contribution is 0.0941. The van der Waals surface area contributed by atoms with Crippen molar-refractivity contribution in [3.63, 3.8) is 0 Å². The van der Waals surface area contributed by atoms with E-state index in [4.69, 9.17) is 0 Å². The van der Waals surface area contributed by atoms with Gasteiger partial charge in [-0.25, -0.2) is 0 Å². The molecule has 3 rings (SSSR count). The van der Waals surface area contributed by atoms with Gasteiger partial charge in [0.25, 0.3) is 11.5 Å². The van der Waals surface area contributed by atoms with Crippen LogP contribution >= 0.6 is 0 Å². The lowest BCUT2D eigenvalue weighted by Gasteiger charge is -2.16. The smallest absolute Gasteiger partial charge is 0.258 e. The predicted octanol–water partition coefficient (Wildman–Crippen LogP) is 3.03. The maximum absolute atomic E-state index is 12.7. The summed E-state index contributed by atoms with van der Waals surface area (Å²) in [6.45, 7) is 1.94. The molecule has 0 fully saturated rings. The molecule has 0 radical (unpaired) electrons. The summed E-state index contributed by atoms with van der Waals surface area (Å²) in [7, 11) is 1.66. The summed E-state index contributed by atoms with van der Waals surface area (Å²) in [6, 6.07) is 16.9. The standard InChI is InChI=1S/C19H18N2O2/c1-13(14-8-4-3-5-9-14)20-18(22)17-12-21(2)19(23)16-11-7-6-10-15(16)17/h3-13H,1-2H3,(H,20,22). The van der Waals surface area contributed by atoms with Crippen LogP contribution in [0.2, 0.25) is 0 Å². The fourth-order valence-electron chi connectivity index (χ4n) is 2.70. The largest absolute Gasteiger partial charge is 0.345 e. The summed E-state index contributed by atoms with van der Waals surface area (Å²) >= 11 is 0. The summed E-state index contributed by atoms with van der Waals surface area (Å²) < 4.78 is 1.45. The molecule has 1 unspecified atom stereocenters. The molecule has 1 aromatic heterocycles.